The molecule has 10 nitrogen and oxygen atoms in total. The summed E-state index contributed by atoms with van der Waals surface area (Å²) < 4.78 is 3.13. The standard InChI is InChI=1S/C32H31N7O3/c1-22-28(31(41)39(21-9-18-37(2)3)32(42)29(22)38-19-7-4-8-20-38)36-34-25-15-13-24(14-16-25)33-35-27-17-12-23-10-5-6-11-26(23)30(27)40/h4-8,10-17,19-20H,9,18,21H2,1-3H3,(H-,33,34,35,36,40,41,42)/p+2. The number of pyridine rings is 2. The van der Waals surface area contributed by atoms with Gasteiger partial charge in [-0.2, -0.15) is 9.68 Å². The van der Waals surface area contributed by atoms with E-state index in [4.69, 9.17) is 0 Å². The van der Waals surface area contributed by atoms with Crippen LogP contribution >= 0.6 is 0 Å². The van der Waals surface area contributed by atoms with Gasteiger partial charge in [0.1, 0.15) is 16.9 Å². The van der Waals surface area contributed by atoms with Crippen LogP contribution in [0.4, 0.5) is 22.7 Å². The first kappa shape index (κ1) is 28.3. The second-order valence-electron chi connectivity index (χ2n) is 10.2. The maximum atomic E-state index is 13.5. The minimum atomic E-state index is -0.280. The molecular weight excluding hydrogens is 530 g/mol. The number of hydrogen-bond acceptors (Lipinski definition) is 7. The van der Waals surface area contributed by atoms with E-state index in [2.05, 4.69) is 20.5 Å². The Bertz CT molecular complexity index is 1830. The Morgan fingerprint density at radius 1 is 0.881 bits per heavy atom. The van der Waals surface area contributed by atoms with Crippen LogP contribution in [0.25, 0.3) is 16.5 Å². The maximum Gasteiger partial charge on any atom is 0.326 e. The van der Waals surface area contributed by atoms with Gasteiger partial charge in [0.2, 0.25) is 0 Å². The average molecular weight is 564 g/mol. The van der Waals surface area contributed by atoms with Gasteiger partial charge >= 0.3 is 5.56 Å². The van der Waals surface area contributed by atoms with Gasteiger partial charge in [-0.15, -0.1) is 5.11 Å². The van der Waals surface area contributed by atoms with E-state index in [-0.39, 0.29) is 17.2 Å². The molecule has 0 fully saturated rings. The molecule has 2 heterocycles. The van der Waals surface area contributed by atoms with E-state index in [1.807, 2.05) is 67.5 Å². The number of azo groups is 2. The van der Waals surface area contributed by atoms with Gasteiger partial charge in [0.25, 0.3) is 17.3 Å². The first-order valence-electron chi connectivity index (χ1n) is 13.6. The topological polar surface area (TPSA) is 121 Å². The normalized spacial score (nSPS) is 11.8. The first-order valence-corrected chi connectivity index (χ1v) is 13.6. The molecule has 0 aliphatic rings. The molecular formula is C32H33N7O3+2. The summed E-state index contributed by atoms with van der Waals surface area (Å²) in [5, 5.41) is 39.3. The summed E-state index contributed by atoms with van der Waals surface area (Å²) in [4.78, 5) is 15.5. The van der Waals surface area contributed by atoms with Crippen LogP contribution in [0.3, 0.4) is 0 Å². The van der Waals surface area contributed by atoms with Crippen LogP contribution in [0.1, 0.15) is 12.0 Å². The number of aromatic hydroxyl groups is 2. The van der Waals surface area contributed by atoms with Gasteiger partial charge < -0.3 is 15.1 Å². The summed E-state index contributed by atoms with van der Waals surface area (Å²) in [5.41, 5.74) is 2.62. The Morgan fingerprint density at radius 2 is 1.60 bits per heavy atom. The van der Waals surface area contributed by atoms with Crippen molar-refractivity contribution in [3.05, 3.63) is 107 Å². The fourth-order valence-electron chi connectivity index (χ4n) is 4.69. The third kappa shape index (κ3) is 6.08. The second-order valence-corrected chi connectivity index (χ2v) is 10.2. The van der Waals surface area contributed by atoms with E-state index in [1.165, 1.54) is 4.57 Å². The van der Waals surface area contributed by atoms with Crippen LogP contribution in [0, 0.1) is 6.92 Å². The predicted octanol–water partition coefficient (Wildman–Crippen LogP) is 4.86. The lowest BCUT2D eigenvalue weighted by molar-refractivity contribution is -0.597. The van der Waals surface area contributed by atoms with Gasteiger partial charge in [0, 0.05) is 24.1 Å². The third-order valence-corrected chi connectivity index (χ3v) is 6.92. The molecule has 0 unspecified atom stereocenters. The lowest BCUT2D eigenvalue weighted by atomic mass is 10.1. The molecule has 2 aromatic heterocycles. The van der Waals surface area contributed by atoms with E-state index in [0.29, 0.717) is 52.4 Å². The van der Waals surface area contributed by atoms with Crippen LogP contribution in [0.5, 0.6) is 11.6 Å². The largest absolute Gasteiger partial charge is 0.505 e. The van der Waals surface area contributed by atoms with Crippen molar-refractivity contribution < 1.29 is 19.9 Å². The highest BCUT2D eigenvalue weighted by Gasteiger charge is 2.29. The van der Waals surface area contributed by atoms with E-state index in [0.717, 1.165) is 11.9 Å². The number of fused-ring (bicyclic) bond motifs is 1. The van der Waals surface area contributed by atoms with Gasteiger partial charge in [-0.1, -0.05) is 41.5 Å². The minimum Gasteiger partial charge on any atom is -0.505 e. The monoisotopic (exact) mass is 563 g/mol. The number of benzene rings is 3. The average Bonchev–Trinajstić information content (AvgIpc) is 2.99. The Labute approximate surface area is 243 Å². The highest BCUT2D eigenvalue weighted by molar-refractivity contribution is 5.92. The van der Waals surface area contributed by atoms with Gasteiger partial charge in [-0.05, 0) is 74.8 Å². The van der Waals surface area contributed by atoms with Crippen molar-refractivity contribution in [2.45, 2.75) is 19.9 Å². The molecule has 0 radical (unpaired) electrons. The highest BCUT2D eigenvalue weighted by Crippen LogP contribution is 2.35. The number of phenols is 1. The van der Waals surface area contributed by atoms with Gasteiger partial charge in [0.05, 0.1) is 5.69 Å². The number of phenolic OH excluding ortho intramolecular Hbond substituents is 1. The van der Waals surface area contributed by atoms with E-state index in [1.54, 1.807) is 54.2 Å². The lowest BCUT2D eigenvalue weighted by Gasteiger charge is -2.13. The minimum absolute atomic E-state index is 0.0823. The van der Waals surface area contributed by atoms with Gasteiger partial charge in [-0.25, -0.2) is 0 Å². The highest BCUT2D eigenvalue weighted by atomic mass is 16.3. The molecule has 212 valence electrons. The zero-order valence-corrected chi connectivity index (χ0v) is 23.8. The van der Waals surface area contributed by atoms with Gasteiger partial charge in [-0.3, -0.25) is 9.36 Å². The Morgan fingerprint density at radius 3 is 2.33 bits per heavy atom. The maximum absolute atomic E-state index is 13.5. The molecule has 10 heteroatoms. The molecule has 5 aromatic rings. The summed E-state index contributed by atoms with van der Waals surface area (Å²) in [5.74, 6) is -0.0835. The van der Waals surface area contributed by atoms with Crippen LogP contribution < -0.4 is 15.2 Å². The van der Waals surface area contributed by atoms with Crippen LogP contribution in [-0.2, 0) is 6.54 Å². The molecule has 0 aliphatic heterocycles. The molecule has 0 spiro atoms. The van der Waals surface area contributed by atoms with Crippen molar-refractivity contribution in [2.75, 3.05) is 20.6 Å². The molecule has 0 saturated carbocycles. The van der Waals surface area contributed by atoms with Crippen LogP contribution in [0.15, 0.2) is 111 Å². The first-order chi connectivity index (χ1) is 20.3. The number of rotatable bonds is 9. The summed E-state index contributed by atoms with van der Waals surface area (Å²) in [6.07, 6.45) is 4.29. The van der Waals surface area contributed by atoms with Crippen LogP contribution in [-0.4, -0.2) is 40.3 Å². The van der Waals surface area contributed by atoms with Crippen molar-refractivity contribution in [3.8, 4) is 17.3 Å². The second kappa shape index (κ2) is 12.5. The van der Waals surface area contributed by atoms with E-state index in [9.17, 15) is 15.0 Å². The van der Waals surface area contributed by atoms with Gasteiger partial charge in [0.15, 0.2) is 18.1 Å². The number of nitrogens with zero attached hydrogens (tertiary/aromatic N) is 6. The van der Waals surface area contributed by atoms with Crippen molar-refractivity contribution >= 4 is 33.5 Å². The SMILES string of the molecule is Cc1c([NH+]=Nc2ccc(N=Nc3ccc4ccccc4c3O)cc2)c(O)n(CCCN(C)C)c(=O)c1-[n+]1ccccc1. The molecule has 3 aromatic carbocycles. The molecule has 0 aliphatic carbocycles. The van der Waals surface area contributed by atoms with Crippen molar-refractivity contribution in [2.24, 2.45) is 15.3 Å². The quantitative estimate of drug-likeness (QED) is 0.175. The summed E-state index contributed by atoms with van der Waals surface area (Å²) >= 11 is 0. The number of nitrogens with one attached hydrogen (secondary N) is 1. The van der Waals surface area contributed by atoms with Crippen LogP contribution in [0.2, 0.25) is 0 Å². The summed E-state index contributed by atoms with van der Waals surface area (Å²) in [6.45, 7) is 2.90. The lowest BCUT2D eigenvalue weighted by Crippen LogP contribution is -2.59. The molecule has 5 rings (SSSR count). The van der Waals surface area contributed by atoms with Crippen molar-refractivity contribution in [1.82, 2.24) is 9.47 Å². The Hall–Kier alpha value is -5.22. The summed E-state index contributed by atoms with van der Waals surface area (Å²) in [7, 11) is 3.93. The predicted molar refractivity (Wildman–Crippen MR) is 161 cm³/mol. The smallest absolute Gasteiger partial charge is 0.326 e. The third-order valence-electron chi connectivity index (χ3n) is 6.92. The number of aromatic nitrogens is 2. The van der Waals surface area contributed by atoms with Crippen molar-refractivity contribution in [3.63, 3.8) is 0 Å². The van der Waals surface area contributed by atoms with Crippen molar-refractivity contribution in [1.29, 1.82) is 0 Å². The fraction of sp³-hybridized carbons (Fsp3) is 0.188. The molecule has 3 N–H and O–H groups in total. The zero-order chi connectivity index (χ0) is 29.6. The Kier molecular flexibility index (Phi) is 8.44. The van der Waals surface area contributed by atoms with E-state index < -0.39 is 0 Å². The molecule has 0 amide bonds. The molecule has 42 heavy (non-hydrogen) atoms. The number of hydrogen-bond donors (Lipinski definition) is 3. The molecule has 0 bridgehead atoms. The summed E-state index contributed by atoms with van der Waals surface area (Å²) in [6, 6.07) is 23.8. The zero-order valence-electron chi connectivity index (χ0n) is 23.8. The Balaban J connectivity index is 1.43. The molecule has 0 atom stereocenters. The fourth-order valence-corrected chi connectivity index (χ4v) is 4.69. The van der Waals surface area contributed by atoms with E-state index >= 15 is 0 Å². The molecule has 0 saturated heterocycles.